The highest BCUT2D eigenvalue weighted by molar-refractivity contribution is 6.04. The number of hydrogen-bond donors (Lipinski definition) is 3. The number of pyridine rings is 4. The molecule has 2 aromatic carbocycles. The van der Waals surface area contributed by atoms with Crippen LogP contribution in [-0.2, 0) is 43.6 Å². The molecule has 0 saturated heterocycles. The lowest BCUT2D eigenvalue weighted by Crippen LogP contribution is -2.27. The molecule has 0 radical (unpaired) electrons. The van der Waals surface area contributed by atoms with Crippen LogP contribution in [0.15, 0.2) is 66.9 Å². The molecule has 0 spiro atoms. The van der Waals surface area contributed by atoms with Gasteiger partial charge < -0.3 is 37.1 Å². The topological polar surface area (TPSA) is 208 Å². The van der Waals surface area contributed by atoms with Crippen molar-refractivity contribution in [1.82, 2.24) is 25.3 Å². The quantitative estimate of drug-likeness (QED) is 0.0957. The van der Waals surface area contributed by atoms with Crippen molar-refractivity contribution in [3.05, 3.63) is 128 Å². The van der Waals surface area contributed by atoms with E-state index in [4.69, 9.17) is 19.7 Å². The molecule has 0 fully saturated rings. The van der Waals surface area contributed by atoms with Gasteiger partial charge in [-0.2, -0.15) is 0 Å². The summed E-state index contributed by atoms with van der Waals surface area (Å²) < 4.78 is 4.83. The Morgan fingerprint density at radius 3 is 1.48 bits per heavy atom. The van der Waals surface area contributed by atoms with Gasteiger partial charge in [-0.15, -0.1) is 0 Å². The van der Waals surface area contributed by atoms with Gasteiger partial charge in [0, 0.05) is 61.2 Å². The van der Waals surface area contributed by atoms with Crippen molar-refractivity contribution in [3.8, 4) is 0 Å². The number of ether oxygens (including phenoxy) is 1. The number of amides is 1. The molecule has 0 aliphatic carbocycles. The molecule has 0 atom stereocenters. The van der Waals surface area contributed by atoms with Crippen LogP contribution in [0.1, 0.15) is 101 Å². The number of aromatic nitrogens is 4. The molecule has 0 aliphatic rings. The second-order valence-corrected chi connectivity index (χ2v) is 13.9. The van der Waals surface area contributed by atoms with E-state index in [-0.39, 0.29) is 22.3 Å². The smallest absolute Gasteiger partial charge is 0.270 e. The molecular weight excluding hydrogens is 731 g/mol. The van der Waals surface area contributed by atoms with Crippen LogP contribution in [-0.4, -0.2) is 55.5 Å². The lowest BCUT2D eigenvalue weighted by atomic mass is 9.83. The summed E-state index contributed by atoms with van der Waals surface area (Å²) in [4.78, 5) is 32.7. The second kappa shape index (κ2) is 23.0. The lowest BCUT2D eigenvalue weighted by molar-refractivity contribution is 0.0946. The molecule has 1 amide bonds. The molecule has 4 heterocycles. The molecule has 58 heavy (non-hydrogen) atoms. The number of aryl methyl sites for hydroxylation is 4. The van der Waals surface area contributed by atoms with Crippen LogP contribution >= 0.6 is 0 Å². The Balaban J connectivity index is 0.00000137. The van der Waals surface area contributed by atoms with Crippen molar-refractivity contribution in [2.24, 2.45) is 0 Å². The summed E-state index contributed by atoms with van der Waals surface area (Å²) in [6.07, 6.45) is 4.31. The number of nitrogens with zero attached hydrogens (tertiary/aromatic N) is 4. The van der Waals surface area contributed by atoms with Gasteiger partial charge in [-0.05, 0) is 142 Å². The van der Waals surface area contributed by atoms with E-state index in [0.717, 1.165) is 77.3 Å². The Hall–Kier alpha value is -5.53. The average molecular weight is 794 g/mol. The highest BCUT2D eigenvalue weighted by Crippen LogP contribution is 2.32. The third kappa shape index (κ3) is 11.8. The highest BCUT2D eigenvalue weighted by atomic mass is 16.5. The van der Waals surface area contributed by atoms with Gasteiger partial charge >= 0.3 is 0 Å². The van der Waals surface area contributed by atoms with Gasteiger partial charge in [0.2, 0.25) is 0 Å². The van der Waals surface area contributed by atoms with Crippen molar-refractivity contribution in [2.45, 2.75) is 101 Å². The first-order valence-electron chi connectivity index (χ1n) is 19.7. The van der Waals surface area contributed by atoms with E-state index < -0.39 is 0 Å². The minimum absolute atomic E-state index is 0. The maximum atomic E-state index is 13.8. The Bertz CT molecular complexity index is 2150. The molecular formula is C46H63N7O5. The van der Waals surface area contributed by atoms with Crippen LogP contribution in [0.4, 0.5) is 11.6 Å². The van der Waals surface area contributed by atoms with Gasteiger partial charge in [-0.1, -0.05) is 45.0 Å². The number of fused-ring (bicyclic) bond motifs is 3. The van der Waals surface area contributed by atoms with Crippen molar-refractivity contribution in [3.63, 3.8) is 0 Å². The van der Waals surface area contributed by atoms with Gasteiger partial charge in [0.05, 0.1) is 11.0 Å². The largest absolute Gasteiger partial charge is 0.412 e. The zero-order valence-electron chi connectivity index (χ0n) is 35.6. The molecule has 4 aromatic heterocycles. The molecule has 312 valence electrons. The summed E-state index contributed by atoms with van der Waals surface area (Å²) in [5.41, 5.74) is 13.8. The molecule has 0 aliphatic heterocycles. The third-order valence-corrected chi connectivity index (χ3v) is 9.83. The fourth-order valence-electron chi connectivity index (χ4n) is 7.55. The van der Waals surface area contributed by atoms with Gasteiger partial charge in [-0.25, -0.2) is 15.0 Å². The number of rotatable bonds is 14. The van der Waals surface area contributed by atoms with E-state index in [2.05, 4.69) is 79.8 Å². The maximum absolute atomic E-state index is 13.8. The van der Waals surface area contributed by atoms with Gasteiger partial charge in [0.15, 0.2) is 0 Å². The van der Waals surface area contributed by atoms with Gasteiger partial charge in [-0.3, -0.25) is 9.78 Å². The molecule has 0 bridgehead atoms. The summed E-state index contributed by atoms with van der Waals surface area (Å²) >= 11 is 0. The summed E-state index contributed by atoms with van der Waals surface area (Å²) in [6.45, 7) is 22.2. The maximum Gasteiger partial charge on any atom is 0.270 e. The summed E-state index contributed by atoms with van der Waals surface area (Å²) in [7, 11) is 0. The average Bonchev–Trinajstić information content (AvgIpc) is 3.17. The van der Waals surface area contributed by atoms with Crippen LogP contribution in [0.3, 0.4) is 0 Å². The number of anilines is 2. The minimum atomic E-state index is -0.207. The Morgan fingerprint density at radius 1 is 0.569 bits per heavy atom. The zero-order valence-corrected chi connectivity index (χ0v) is 35.6. The molecule has 12 nitrogen and oxygen atoms in total. The first-order valence-corrected chi connectivity index (χ1v) is 19.7. The van der Waals surface area contributed by atoms with Gasteiger partial charge in [0.25, 0.3) is 5.91 Å². The molecule has 0 saturated carbocycles. The normalized spacial score (nSPS) is 10.4. The minimum Gasteiger partial charge on any atom is -0.412 e. The van der Waals surface area contributed by atoms with Crippen LogP contribution in [0.5, 0.6) is 0 Å². The van der Waals surface area contributed by atoms with Crippen LogP contribution < -0.4 is 16.0 Å². The monoisotopic (exact) mass is 793 g/mol. The van der Waals surface area contributed by atoms with E-state index >= 15 is 0 Å². The summed E-state index contributed by atoms with van der Waals surface area (Å²) in [6, 6.07) is 20.1. The Labute approximate surface area is 343 Å². The molecule has 9 N–H and O–H groups in total. The number of benzene rings is 2. The molecule has 6 rings (SSSR count). The van der Waals surface area contributed by atoms with Gasteiger partial charge in [0.1, 0.15) is 17.3 Å². The molecule has 0 unspecified atom stereocenters. The van der Waals surface area contributed by atoms with E-state index in [1.54, 1.807) is 12.3 Å². The van der Waals surface area contributed by atoms with Crippen LogP contribution in [0, 0.1) is 27.7 Å². The van der Waals surface area contributed by atoms with Crippen LogP contribution in [0.2, 0.25) is 0 Å². The number of carbonyl (C=O) groups excluding carboxylic acids is 1. The first kappa shape index (κ1) is 48.6. The fraction of sp³-hybridized carbons (Fsp3) is 0.370. The summed E-state index contributed by atoms with van der Waals surface area (Å²) in [5.74, 6) is 1.52. The zero-order chi connectivity index (χ0) is 39.5. The van der Waals surface area contributed by atoms with E-state index in [0.29, 0.717) is 25.3 Å². The predicted octanol–water partition coefficient (Wildman–Crippen LogP) is 7.22. The standard InChI is InChI=1S/C42H47N7O.C4H10O.3H2O/c1-8-31-34(22-44-38-20-25(4)18-27(6)47-38)32(9-2)36(33(10-3)35(31)23-45-39-21-26(5)19-28(7)48-39)24-46-42(50)37-16-15-30-14-13-29-12-11-17-43-40(29)41(30)49-37;1-3-5-4-2;;;/h11-21H,8-10,22-24H2,1-7H3,(H,44,47)(H,45,48)(H,46,50);3-4H2,1-2H3;3*1H2. The van der Waals surface area contributed by atoms with Crippen LogP contribution in [0.25, 0.3) is 21.8 Å². The van der Waals surface area contributed by atoms with Crippen molar-refractivity contribution < 1.29 is 26.0 Å². The summed E-state index contributed by atoms with van der Waals surface area (Å²) in [5, 5.41) is 12.5. The van der Waals surface area contributed by atoms with Crippen molar-refractivity contribution in [2.75, 3.05) is 23.8 Å². The van der Waals surface area contributed by atoms with E-state index in [1.165, 1.54) is 44.5 Å². The number of hydrogen-bond acceptors (Lipinski definition) is 8. The fourth-order valence-corrected chi connectivity index (χ4v) is 7.55. The highest BCUT2D eigenvalue weighted by Gasteiger charge is 2.23. The Morgan fingerprint density at radius 2 is 1.03 bits per heavy atom. The number of carbonyl (C=O) groups is 1. The predicted molar refractivity (Wildman–Crippen MR) is 238 cm³/mol. The lowest BCUT2D eigenvalue weighted by Gasteiger charge is -2.27. The molecule has 12 heteroatoms. The molecule has 6 aromatic rings. The van der Waals surface area contributed by atoms with E-state index in [1.807, 2.05) is 58.0 Å². The SMILES string of the molecule is CCOCC.CCc1c(CNC(=O)c2ccc3ccc4cccnc4c3n2)c(CC)c(CNc2cc(C)cc(C)n2)c(CC)c1CNc1cc(C)cc(C)n1.O.O.O. The first-order chi connectivity index (χ1) is 26.6. The number of nitrogens with one attached hydrogen (secondary N) is 3. The third-order valence-electron chi connectivity index (χ3n) is 9.83. The van der Waals surface area contributed by atoms with Crippen molar-refractivity contribution >= 4 is 39.3 Å². The van der Waals surface area contributed by atoms with E-state index in [9.17, 15) is 4.79 Å². The second-order valence-electron chi connectivity index (χ2n) is 13.9. The Kier molecular flexibility index (Phi) is 19.3. The van der Waals surface area contributed by atoms with Crippen molar-refractivity contribution in [1.29, 1.82) is 0 Å².